The van der Waals surface area contributed by atoms with Crippen LogP contribution in [0.25, 0.3) is 11.3 Å². The molecule has 3 aromatic rings. The van der Waals surface area contributed by atoms with Crippen molar-refractivity contribution in [3.63, 3.8) is 0 Å². The molecule has 6 heteroatoms. The first-order chi connectivity index (χ1) is 14.3. The Morgan fingerprint density at radius 3 is 2.50 bits per heavy atom. The second-order valence-corrected chi connectivity index (χ2v) is 8.62. The second-order valence-electron chi connectivity index (χ2n) is 7.76. The third kappa shape index (κ3) is 5.83. The van der Waals surface area contributed by atoms with Gasteiger partial charge in [-0.15, -0.1) is 11.3 Å². The van der Waals surface area contributed by atoms with Crippen LogP contribution in [0.3, 0.4) is 0 Å². The number of ether oxygens (including phenoxy) is 2. The number of rotatable bonds is 8. The van der Waals surface area contributed by atoms with E-state index in [-0.39, 0.29) is 18.6 Å². The molecule has 0 saturated heterocycles. The van der Waals surface area contributed by atoms with E-state index in [1.807, 2.05) is 56.5 Å². The lowest BCUT2D eigenvalue weighted by molar-refractivity contribution is -0.118. The molecule has 1 aromatic heterocycles. The smallest absolute Gasteiger partial charge is 0.264 e. The number of aryl methyl sites for hydroxylation is 1. The van der Waals surface area contributed by atoms with Gasteiger partial charge >= 0.3 is 0 Å². The second kappa shape index (κ2) is 9.76. The minimum Gasteiger partial charge on any atom is -0.491 e. The van der Waals surface area contributed by atoms with Gasteiger partial charge in [0.05, 0.1) is 11.8 Å². The Balaban J connectivity index is 1.60. The molecule has 0 fully saturated rings. The molecule has 0 unspecified atom stereocenters. The van der Waals surface area contributed by atoms with Gasteiger partial charge in [-0.3, -0.25) is 10.1 Å². The third-order valence-electron chi connectivity index (χ3n) is 4.42. The average molecular weight is 425 g/mol. The monoisotopic (exact) mass is 424 g/mol. The molecule has 0 saturated carbocycles. The molecule has 1 amide bonds. The molecule has 0 aliphatic rings. The molecule has 30 heavy (non-hydrogen) atoms. The Morgan fingerprint density at radius 1 is 1.10 bits per heavy atom. The molecule has 158 valence electrons. The molecule has 1 heterocycles. The van der Waals surface area contributed by atoms with Crippen LogP contribution in [-0.4, -0.2) is 23.6 Å². The molecule has 0 spiro atoms. The highest BCUT2D eigenvalue weighted by molar-refractivity contribution is 7.14. The van der Waals surface area contributed by atoms with Gasteiger partial charge in [0.2, 0.25) is 0 Å². The highest BCUT2D eigenvalue weighted by atomic mass is 32.1. The van der Waals surface area contributed by atoms with Crippen LogP contribution in [0.1, 0.15) is 44.7 Å². The maximum atomic E-state index is 12.4. The summed E-state index contributed by atoms with van der Waals surface area (Å²) in [4.78, 5) is 16.9. The van der Waals surface area contributed by atoms with Crippen LogP contribution in [0, 0.1) is 6.92 Å². The van der Waals surface area contributed by atoms with E-state index in [9.17, 15) is 4.79 Å². The van der Waals surface area contributed by atoms with E-state index >= 15 is 0 Å². The van der Waals surface area contributed by atoms with E-state index in [1.165, 1.54) is 11.3 Å². The number of nitrogens with one attached hydrogen (secondary N) is 1. The molecule has 3 rings (SSSR count). The van der Waals surface area contributed by atoms with Crippen molar-refractivity contribution < 1.29 is 14.3 Å². The zero-order valence-electron chi connectivity index (χ0n) is 18.1. The van der Waals surface area contributed by atoms with Crippen LogP contribution >= 0.6 is 11.3 Å². The van der Waals surface area contributed by atoms with Crippen molar-refractivity contribution in [2.45, 2.75) is 46.6 Å². The fourth-order valence-electron chi connectivity index (χ4n) is 2.98. The summed E-state index contributed by atoms with van der Waals surface area (Å²) in [6, 6.07) is 13.9. The summed E-state index contributed by atoms with van der Waals surface area (Å²) in [5, 5.41) is 5.30. The third-order valence-corrected chi connectivity index (χ3v) is 5.18. The number of carbonyl (C=O) groups is 1. The first-order valence-corrected chi connectivity index (χ1v) is 11.0. The topological polar surface area (TPSA) is 60.5 Å². The Labute approximate surface area is 182 Å². The van der Waals surface area contributed by atoms with Crippen LogP contribution in [0.4, 0.5) is 5.13 Å². The van der Waals surface area contributed by atoms with Crippen molar-refractivity contribution >= 4 is 22.4 Å². The van der Waals surface area contributed by atoms with Crippen molar-refractivity contribution in [1.82, 2.24) is 4.98 Å². The number of amides is 1. The minimum absolute atomic E-state index is 0.0562. The summed E-state index contributed by atoms with van der Waals surface area (Å²) in [6.07, 6.45) is 0.135. The first kappa shape index (κ1) is 21.8. The van der Waals surface area contributed by atoms with Gasteiger partial charge in [-0.05, 0) is 68.1 Å². The lowest BCUT2D eigenvalue weighted by atomic mass is 10.0. The molecule has 0 aliphatic carbocycles. The fraction of sp³-hybridized carbons (Fsp3) is 0.333. The van der Waals surface area contributed by atoms with Gasteiger partial charge in [0, 0.05) is 10.9 Å². The van der Waals surface area contributed by atoms with E-state index in [4.69, 9.17) is 9.47 Å². The molecular weight excluding hydrogens is 396 g/mol. The number of anilines is 1. The molecule has 0 radical (unpaired) electrons. The summed E-state index contributed by atoms with van der Waals surface area (Å²) >= 11 is 1.39. The lowest BCUT2D eigenvalue weighted by Crippen LogP contribution is -2.20. The van der Waals surface area contributed by atoms with E-state index < -0.39 is 0 Å². The van der Waals surface area contributed by atoms with Gasteiger partial charge in [-0.25, -0.2) is 4.98 Å². The summed E-state index contributed by atoms with van der Waals surface area (Å²) in [7, 11) is 0. The highest BCUT2D eigenvalue weighted by Gasteiger charge is 2.12. The fourth-order valence-corrected chi connectivity index (χ4v) is 3.72. The van der Waals surface area contributed by atoms with Crippen molar-refractivity contribution in [2.24, 2.45) is 0 Å². The van der Waals surface area contributed by atoms with Gasteiger partial charge < -0.3 is 9.47 Å². The van der Waals surface area contributed by atoms with E-state index in [2.05, 4.69) is 36.3 Å². The molecular formula is C24H28N2O3S. The van der Waals surface area contributed by atoms with Gasteiger partial charge in [-0.1, -0.05) is 26.0 Å². The number of carbonyl (C=O) groups excluding carboxylic acids is 1. The number of aromatic nitrogens is 1. The normalized spacial score (nSPS) is 11.0. The van der Waals surface area contributed by atoms with Crippen LogP contribution < -0.4 is 14.8 Å². The molecule has 2 aromatic carbocycles. The van der Waals surface area contributed by atoms with E-state index in [1.54, 1.807) is 0 Å². The Bertz CT molecular complexity index is 994. The van der Waals surface area contributed by atoms with Gasteiger partial charge in [0.25, 0.3) is 5.91 Å². The number of hydrogen-bond acceptors (Lipinski definition) is 5. The van der Waals surface area contributed by atoms with Crippen LogP contribution in [0.5, 0.6) is 11.5 Å². The Kier molecular flexibility index (Phi) is 7.11. The van der Waals surface area contributed by atoms with Crippen LogP contribution in [-0.2, 0) is 4.79 Å². The maximum Gasteiger partial charge on any atom is 0.264 e. The van der Waals surface area contributed by atoms with Gasteiger partial charge in [-0.2, -0.15) is 0 Å². The summed E-state index contributed by atoms with van der Waals surface area (Å²) in [6.45, 7) is 10.2. The predicted molar refractivity (Wildman–Crippen MR) is 123 cm³/mol. The first-order valence-electron chi connectivity index (χ1n) is 10.1. The zero-order valence-corrected chi connectivity index (χ0v) is 18.9. The van der Waals surface area contributed by atoms with Crippen molar-refractivity contribution in [3.05, 3.63) is 59.0 Å². The molecule has 0 atom stereocenters. The number of nitrogens with zero attached hydrogens (tertiary/aromatic N) is 1. The number of hydrogen-bond donors (Lipinski definition) is 1. The lowest BCUT2D eigenvalue weighted by Gasteiger charge is -2.14. The quantitative estimate of drug-likeness (QED) is 0.478. The summed E-state index contributed by atoms with van der Waals surface area (Å²) in [5.74, 6) is 1.67. The van der Waals surface area contributed by atoms with Crippen molar-refractivity contribution in [2.75, 3.05) is 11.9 Å². The van der Waals surface area contributed by atoms with Crippen LogP contribution in [0.15, 0.2) is 47.8 Å². The van der Waals surface area contributed by atoms with Crippen molar-refractivity contribution in [1.29, 1.82) is 0 Å². The molecule has 0 bridgehead atoms. The highest BCUT2D eigenvalue weighted by Crippen LogP contribution is 2.28. The Morgan fingerprint density at radius 2 is 1.83 bits per heavy atom. The number of benzene rings is 2. The molecule has 5 nitrogen and oxygen atoms in total. The van der Waals surface area contributed by atoms with Gasteiger partial charge in [0.15, 0.2) is 11.7 Å². The maximum absolute atomic E-state index is 12.4. The summed E-state index contributed by atoms with van der Waals surface area (Å²) in [5.41, 5.74) is 3.98. The minimum atomic E-state index is -0.229. The standard InChI is InChI=1S/C24H28N2O3S/c1-15(2)20-11-6-17(5)12-22(20)28-13-23(27)26-24-25-21(14-30-24)18-7-9-19(10-8-18)29-16(3)4/h6-12,14-16H,13H2,1-5H3,(H,25,26,27). The molecule has 0 aliphatic heterocycles. The SMILES string of the molecule is Cc1ccc(C(C)C)c(OCC(=O)Nc2nc(-c3ccc(OC(C)C)cc3)cs2)c1. The van der Waals surface area contributed by atoms with Gasteiger partial charge in [0.1, 0.15) is 11.5 Å². The Hall–Kier alpha value is -2.86. The zero-order chi connectivity index (χ0) is 21.7. The van der Waals surface area contributed by atoms with Crippen molar-refractivity contribution in [3.8, 4) is 22.8 Å². The largest absolute Gasteiger partial charge is 0.491 e. The van der Waals surface area contributed by atoms with Crippen LogP contribution in [0.2, 0.25) is 0 Å². The van der Waals surface area contributed by atoms with E-state index in [0.717, 1.165) is 33.9 Å². The molecule has 1 N–H and O–H groups in total. The summed E-state index contributed by atoms with van der Waals surface area (Å²) < 4.78 is 11.5. The predicted octanol–water partition coefficient (Wildman–Crippen LogP) is 6.05. The van der Waals surface area contributed by atoms with E-state index in [0.29, 0.717) is 11.0 Å². The number of thiazole rings is 1. The average Bonchev–Trinajstić information content (AvgIpc) is 3.14.